The summed E-state index contributed by atoms with van der Waals surface area (Å²) in [6.07, 6.45) is 6.35. The molecule has 3 nitrogen and oxygen atoms in total. The Balaban J connectivity index is 2.21. The molecular weight excluding hydrogens is 214 g/mol. The summed E-state index contributed by atoms with van der Waals surface area (Å²) in [5.74, 6) is 0.307. The van der Waals surface area contributed by atoms with Crippen LogP contribution in [-0.4, -0.2) is 43.0 Å². The molecule has 0 spiro atoms. The molecule has 0 aliphatic carbocycles. The zero-order valence-electron chi connectivity index (χ0n) is 11.4. The van der Waals surface area contributed by atoms with Crippen LogP contribution < -0.4 is 0 Å². The van der Waals surface area contributed by atoms with Crippen LogP contribution in [0.5, 0.6) is 0 Å². The van der Waals surface area contributed by atoms with Crippen LogP contribution in [-0.2, 0) is 9.53 Å². The Kier molecular flexibility index (Phi) is 7.45. The van der Waals surface area contributed by atoms with Gasteiger partial charge in [-0.1, -0.05) is 33.1 Å². The van der Waals surface area contributed by atoms with Crippen LogP contribution in [0.3, 0.4) is 0 Å². The van der Waals surface area contributed by atoms with Crippen molar-refractivity contribution < 1.29 is 9.53 Å². The van der Waals surface area contributed by atoms with Crippen LogP contribution in [0, 0.1) is 0 Å². The summed E-state index contributed by atoms with van der Waals surface area (Å²) in [4.78, 5) is 14.3. The molecule has 0 radical (unpaired) electrons. The Morgan fingerprint density at radius 3 is 2.76 bits per heavy atom. The molecule has 1 unspecified atom stereocenters. The fourth-order valence-electron chi connectivity index (χ4n) is 2.30. The van der Waals surface area contributed by atoms with Crippen molar-refractivity contribution >= 4 is 5.78 Å². The molecule has 0 aromatic carbocycles. The lowest BCUT2D eigenvalue weighted by Gasteiger charge is -2.31. The minimum Gasteiger partial charge on any atom is -0.368 e. The van der Waals surface area contributed by atoms with Crippen molar-refractivity contribution in [2.45, 2.75) is 58.5 Å². The third-order valence-electron chi connectivity index (χ3n) is 3.33. The second-order valence-electron chi connectivity index (χ2n) is 4.94. The standard InChI is InChI=1S/C14H27NO2/c1-3-5-6-7-8-13(16)14-12-15(9-4-2)10-11-17-14/h14H,3-12H2,1-2H3. The molecule has 0 amide bonds. The van der Waals surface area contributed by atoms with Gasteiger partial charge >= 0.3 is 0 Å². The first-order valence-electron chi connectivity index (χ1n) is 7.14. The Morgan fingerprint density at radius 2 is 2.06 bits per heavy atom. The van der Waals surface area contributed by atoms with E-state index in [1.165, 1.54) is 19.3 Å². The van der Waals surface area contributed by atoms with Crippen LogP contribution in [0.25, 0.3) is 0 Å². The van der Waals surface area contributed by atoms with Crippen LogP contribution in [0.1, 0.15) is 52.4 Å². The van der Waals surface area contributed by atoms with Crippen molar-refractivity contribution in [2.75, 3.05) is 26.2 Å². The SMILES string of the molecule is CCCCCCC(=O)C1CN(CCC)CCO1. The fourth-order valence-corrected chi connectivity index (χ4v) is 2.30. The smallest absolute Gasteiger partial charge is 0.162 e. The van der Waals surface area contributed by atoms with Crippen molar-refractivity contribution in [3.05, 3.63) is 0 Å². The number of hydrogen-bond donors (Lipinski definition) is 0. The van der Waals surface area contributed by atoms with Crippen LogP contribution in [0.15, 0.2) is 0 Å². The highest BCUT2D eigenvalue weighted by atomic mass is 16.5. The summed E-state index contributed by atoms with van der Waals surface area (Å²) in [6.45, 7) is 7.95. The van der Waals surface area contributed by atoms with Crippen LogP contribution in [0.4, 0.5) is 0 Å². The fraction of sp³-hybridized carbons (Fsp3) is 0.929. The van der Waals surface area contributed by atoms with Gasteiger partial charge < -0.3 is 4.74 Å². The molecule has 1 fully saturated rings. The molecule has 0 bridgehead atoms. The van der Waals surface area contributed by atoms with Gasteiger partial charge in [0.2, 0.25) is 0 Å². The van der Waals surface area contributed by atoms with Crippen molar-refractivity contribution in [3.63, 3.8) is 0 Å². The van der Waals surface area contributed by atoms with E-state index in [9.17, 15) is 4.79 Å². The van der Waals surface area contributed by atoms with Gasteiger partial charge in [0, 0.05) is 19.5 Å². The number of unbranched alkanes of at least 4 members (excludes halogenated alkanes) is 3. The average Bonchev–Trinajstić information content (AvgIpc) is 2.35. The summed E-state index contributed by atoms with van der Waals surface area (Å²) < 4.78 is 5.58. The zero-order valence-corrected chi connectivity index (χ0v) is 11.4. The predicted octanol–water partition coefficient (Wildman–Crippen LogP) is 2.64. The van der Waals surface area contributed by atoms with Gasteiger partial charge in [0.15, 0.2) is 5.78 Å². The number of ether oxygens (including phenoxy) is 1. The summed E-state index contributed by atoms with van der Waals surface area (Å²) in [5.41, 5.74) is 0. The molecule has 100 valence electrons. The van der Waals surface area contributed by atoms with E-state index in [1.807, 2.05) is 0 Å². The molecule has 1 atom stereocenters. The third kappa shape index (κ3) is 5.64. The lowest BCUT2D eigenvalue weighted by Crippen LogP contribution is -2.46. The van der Waals surface area contributed by atoms with Gasteiger partial charge in [-0.3, -0.25) is 9.69 Å². The van der Waals surface area contributed by atoms with Gasteiger partial charge in [0.25, 0.3) is 0 Å². The number of ketones is 1. The Morgan fingerprint density at radius 1 is 1.24 bits per heavy atom. The van der Waals surface area contributed by atoms with E-state index in [-0.39, 0.29) is 6.10 Å². The monoisotopic (exact) mass is 241 g/mol. The predicted molar refractivity (Wildman–Crippen MR) is 70.2 cm³/mol. The zero-order chi connectivity index (χ0) is 12.5. The van der Waals surface area contributed by atoms with E-state index < -0.39 is 0 Å². The first kappa shape index (κ1) is 14.7. The van der Waals surface area contributed by atoms with Gasteiger partial charge in [0.1, 0.15) is 6.10 Å². The molecule has 0 saturated carbocycles. The largest absolute Gasteiger partial charge is 0.368 e. The quantitative estimate of drug-likeness (QED) is 0.612. The van der Waals surface area contributed by atoms with Crippen molar-refractivity contribution in [3.8, 4) is 0 Å². The molecule has 3 heteroatoms. The Hall–Kier alpha value is -0.410. The molecule has 0 N–H and O–H groups in total. The summed E-state index contributed by atoms with van der Waals surface area (Å²) in [6, 6.07) is 0. The highest BCUT2D eigenvalue weighted by Gasteiger charge is 2.25. The molecule has 1 saturated heterocycles. The van der Waals surface area contributed by atoms with E-state index in [4.69, 9.17) is 4.74 Å². The topological polar surface area (TPSA) is 29.5 Å². The summed E-state index contributed by atoms with van der Waals surface area (Å²) in [7, 11) is 0. The maximum Gasteiger partial charge on any atom is 0.162 e. The maximum absolute atomic E-state index is 12.0. The van der Waals surface area contributed by atoms with Gasteiger partial charge in [-0.2, -0.15) is 0 Å². The van der Waals surface area contributed by atoms with Crippen molar-refractivity contribution in [1.82, 2.24) is 4.90 Å². The molecule has 1 aliphatic rings. The number of morpholine rings is 1. The number of rotatable bonds is 8. The molecule has 1 heterocycles. The lowest BCUT2D eigenvalue weighted by molar-refractivity contribution is -0.136. The number of Topliss-reactive ketones (excluding diaryl/α,β-unsaturated/α-hetero) is 1. The minimum atomic E-state index is -0.156. The second kappa shape index (κ2) is 8.65. The molecule has 1 aliphatic heterocycles. The summed E-state index contributed by atoms with van der Waals surface area (Å²) >= 11 is 0. The molecular formula is C14H27NO2. The molecule has 0 aromatic heterocycles. The average molecular weight is 241 g/mol. The number of hydrogen-bond acceptors (Lipinski definition) is 3. The lowest BCUT2D eigenvalue weighted by atomic mass is 10.1. The Bertz CT molecular complexity index is 216. The van der Waals surface area contributed by atoms with E-state index in [0.29, 0.717) is 18.8 Å². The van der Waals surface area contributed by atoms with E-state index in [0.717, 1.165) is 32.5 Å². The summed E-state index contributed by atoms with van der Waals surface area (Å²) in [5, 5.41) is 0. The highest BCUT2D eigenvalue weighted by Crippen LogP contribution is 2.11. The van der Waals surface area contributed by atoms with Gasteiger partial charge in [-0.15, -0.1) is 0 Å². The molecule has 0 aromatic rings. The van der Waals surface area contributed by atoms with E-state index in [1.54, 1.807) is 0 Å². The molecule has 17 heavy (non-hydrogen) atoms. The van der Waals surface area contributed by atoms with E-state index in [2.05, 4.69) is 18.7 Å². The Labute approximate surface area is 106 Å². The van der Waals surface area contributed by atoms with Crippen molar-refractivity contribution in [1.29, 1.82) is 0 Å². The van der Waals surface area contributed by atoms with Gasteiger partial charge in [-0.25, -0.2) is 0 Å². The van der Waals surface area contributed by atoms with Gasteiger partial charge in [0.05, 0.1) is 6.61 Å². The van der Waals surface area contributed by atoms with Gasteiger partial charge in [-0.05, 0) is 19.4 Å². The number of nitrogens with zero attached hydrogens (tertiary/aromatic N) is 1. The normalized spacial score (nSPS) is 21.6. The number of carbonyl (C=O) groups is 1. The van der Waals surface area contributed by atoms with Crippen LogP contribution >= 0.6 is 0 Å². The second-order valence-corrected chi connectivity index (χ2v) is 4.94. The maximum atomic E-state index is 12.0. The first-order chi connectivity index (χ1) is 8.27. The highest BCUT2D eigenvalue weighted by molar-refractivity contribution is 5.83. The molecule has 1 rings (SSSR count). The third-order valence-corrected chi connectivity index (χ3v) is 3.33. The van der Waals surface area contributed by atoms with Crippen molar-refractivity contribution in [2.24, 2.45) is 0 Å². The number of carbonyl (C=O) groups excluding carboxylic acids is 1. The first-order valence-corrected chi connectivity index (χ1v) is 7.14. The van der Waals surface area contributed by atoms with Crippen LogP contribution in [0.2, 0.25) is 0 Å². The van der Waals surface area contributed by atoms with E-state index >= 15 is 0 Å². The minimum absolute atomic E-state index is 0.156.